The first-order chi connectivity index (χ1) is 11.1. The molecule has 6 nitrogen and oxygen atoms in total. The van der Waals surface area contributed by atoms with E-state index in [4.69, 9.17) is 16.1 Å². The molecule has 1 fully saturated rings. The van der Waals surface area contributed by atoms with Crippen molar-refractivity contribution in [1.29, 1.82) is 0 Å². The molecule has 23 heavy (non-hydrogen) atoms. The van der Waals surface area contributed by atoms with Crippen LogP contribution in [0.3, 0.4) is 0 Å². The number of halogens is 1. The molecule has 0 aliphatic heterocycles. The van der Waals surface area contributed by atoms with Crippen molar-refractivity contribution in [3.63, 3.8) is 0 Å². The molecule has 1 aromatic carbocycles. The van der Waals surface area contributed by atoms with Crippen LogP contribution in [0, 0.1) is 5.92 Å². The number of rotatable bonds is 6. The molecule has 2 amide bonds. The minimum Gasteiger partial charge on any atom is -0.355 e. The average Bonchev–Trinajstić information content (AvgIpc) is 3.26. The van der Waals surface area contributed by atoms with Gasteiger partial charge in [0.1, 0.15) is 0 Å². The van der Waals surface area contributed by atoms with Crippen molar-refractivity contribution >= 4 is 23.4 Å². The smallest absolute Gasteiger partial charge is 0.273 e. The van der Waals surface area contributed by atoms with Crippen LogP contribution < -0.4 is 10.6 Å². The number of nitrogens with one attached hydrogen (secondary N) is 2. The van der Waals surface area contributed by atoms with E-state index in [0.717, 1.165) is 12.8 Å². The highest BCUT2D eigenvalue weighted by Crippen LogP contribution is 2.28. The number of amides is 2. The molecule has 7 heteroatoms. The molecule has 1 aromatic heterocycles. The third-order valence-corrected chi connectivity index (χ3v) is 3.91. The van der Waals surface area contributed by atoms with E-state index in [2.05, 4.69) is 15.8 Å². The summed E-state index contributed by atoms with van der Waals surface area (Å²) in [5.74, 6) is 0.330. The Labute approximate surface area is 138 Å². The van der Waals surface area contributed by atoms with Crippen molar-refractivity contribution in [2.75, 3.05) is 13.1 Å². The van der Waals surface area contributed by atoms with Crippen molar-refractivity contribution in [2.24, 2.45) is 5.92 Å². The Morgan fingerprint density at radius 2 is 2.04 bits per heavy atom. The van der Waals surface area contributed by atoms with Gasteiger partial charge in [0.2, 0.25) is 5.91 Å². The molecular weight excluding hydrogens is 318 g/mol. The van der Waals surface area contributed by atoms with Gasteiger partial charge >= 0.3 is 0 Å². The second-order valence-corrected chi connectivity index (χ2v) is 5.89. The number of carbonyl (C=O) groups is 2. The Hall–Kier alpha value is -2.34. The standard InChI is InChI=1S/C16H16ClN3O3/c17-12-4-2-1-3-11(12)14-7-13(20-23-14)16(22)19-9-15(21)18-8-10-5-6-10/h1-4,7,10H,5-6,8-9H2,(H,18,21)(H,19,22). The monoisotopic (exact) mass is 333 g/mol. The van der Waals surface area contributed by atoms with Gasteiger partial charge in [-0.2, -0.15) is 0 Å². The zero-order valence-electron chi connectivity index (χ0n) is 12.3. The van der Waals surface area contributed by atoms with E-state index in [1.54, 1.807) is 18.2 Å². The van der Waals surface area contributed by atoms with Gasteiger partial charge in [0.25, 0.3) is 5.91 Å². The lowest BCUT2D eigenvalue weighted by Crippen LogP contribution is -2.37. The van der Waals surface area contributed by atoms with Gasteiger partial charge in [-0.25, -0.2) is 0 Å². The maximum Gasteiger partial charge on any atom is 0.273 e. The highest BCUT2D eigenvalue weighted by atomic mass is 35.5. The summed E-state index contributed by atoms with van der Waals surface area (Å²) in [5.41, 5.74) is 0.762. The Bertz CT molecular complexity index is 725. The summed E-state index contributed by atoms with van der Waals surface area (Å²) < 4.78 is 5.15. The highest BCUT2D eigenvalue weighted by molar-refractivity contribution is 6.33. The summed E-state index contributed by atoms with van der Waals surface area (Å²) in [6.45, 7) is 0.592. The van der Waals surface area contributed by atoms with Crippen LogP contribution in [-0.2, 0) is 4.79 Å². The lowest BCUT2D eigenvalue weighted by molar-refractivity contribution is -0.120. The largest absolute Gasteiger partial charge is 0.355 e. The third kappa shape index (κ3) is 4.10. The van der Waals surface area contributed by atoms with Crippen LogP contribution in [0.25, 0.3) is 11.3 Å². The van der Waals surface area contributed by atoms with Crippen molar-refractivity contribution in [1.82, 2.24) is 15.8 Å². The quantitative estimate of drug-likeness (QED) is 0.849. The van der Waals surface area contributed by atoms with Gasteiger partial charge in [-0.05, 0) is 30.9 Å². The fraction of sp³-hybridized carbons (Fsp3) is 0.312. The molecule has 0 unspecified atom stereocenters. The maximum atomic E-state index is 12.0. The zero-order chi connectivity index (χ0) is 16.2. The average molecular weight is 334 g/mol. The van der Waals surface area contributed by atoms with Gasteiger partial charge in [-0.3, -0.25) is 9.59 Å². The fourth-order valence-electron chi connectivity index (χ4n) is 2.06. The normalized spacial score (nSPS) is 13.6. The Morgan fingerprint density at radius 1 is 1.26 bits per heavy atom. The Kier molecular flexibility index (Phi) is 4.62. The molecule has 2 aromatic rings. The van der Waals surface area contributed by atoms with E-state index in [1.165, 1.54) is 6.07 Å². The lowest BCUT2D eigenvalue weighted by atomic mass is 10.1. The molecule has 3 rings (SSSR count). The van der Waals surface area contributed by atoms with E-state index in [1.807, 2.05) is 6.07 Å². The van der Waals surface area contributed by atoms with Gasteiger partial charge in [0, 0.05) is 18.2 Å². The molecular formula is C16H16ClN3O3. The number of carbonyl (C=O) groups excluding carboxylic acids is 2. The number of benzene rings is 1. The molecule has 0 atom stereocenters. The third-order valence-electron chi connectivity index (χ3n) is 3.58. The van der Waals surface area contributed by atoms with Crippen LogP contribution in [-0.4, -0.2) is 30.1 Å². The van der Waals surface area contributed by atoms with Crippen LogP contribution in [0.5, 0.6) is 0 Å². The molecule has 1 heterocycles. The van der Waals surface area contributed by atoms with Crippen molar-refractivity contribution in [2.45, 2.75) is 12.8 Å². The van der Waals surface area contributed by atoms with Gasteiger partial charge in [0.15, 0.2) is 11.5 Å². The second kappa shape index (κ2) is 6.83. The minimum absolute atomic E-state index is 0.0835. The Morgan fingerprint density at radius 3 is 2.78 bits per heavy atom. The van der Waals surface area contributed by atoms with Crippen LogP contribution in [0.4, 0.5) is 0 Å². The summed E-state index contributed by atoms with van der Waals surface area (Å²) in [4.78, 5) is 23.6. The first-order valence-corrected chi connectivity index (χ1v) is 7.78. The zero-order valence-corrected chi connectivity index (χ0v) is 13.1. The summed E-state index contributed by atoms with van der Waals surface area (Å²) in [5, 5.41) is 9.52. The van der Waals surface area contributed by atoms with Gasteiger partial charge in [-0.1, -0.05) is 28.9 Å². The number of aromatic nitrogens is 1. The lowest BCUT2D eigenvalue weighted by Gasteiger charge is -2.04. The fourth-order valence-corrected chi connectivity index (χ4v) is 2.29. The maximum absolute atomic E-state index is 12.0. The van der Waals surface area contributed by atoms with Crippen LogP contribution >= 0.6 is 11.6 Å². The van der Waals surface area contributed by atoms with E-state index in [0.29, 0.717) is 28.8 Å². The number of hydrogen-bond donors (Lipinski definition) is 2. The highest BCUT2D eigenvalue weighted by Gasteiger charge is 2.22. The van der Waals surface area contributed by atoms with Crippen molar-refractivity contribution < 1.29 is 14.1 Å². The summed E-state index contributed by atoms with van der Waals surface area (Å²) >= 11 is 6.07. The van der Waals surface area contributed by atoms with Crippen molar-refractivity contribution in [3.05, 3.63) is 41.0 Å². The molecule has 0 bridgehead atoms. The molecule has 120 valence electrons. The minimum atomic E-state index is -0.464. The predicted molar refractivity (Wildman–Crippen MR) is 85.0 cm³/mol. The molecule has 0 spiro atoms. The van der Waals surface area contributed by atoms with Gasteiger partial charge in [-0.15, -0.1) is 0 Å². The van der Waals surface area contributed by atoms with E-state index in [-0.39, 0.29) is 18.1 Å². The van der Waals surface area contributed by atoms with E-state index >= 15 is 0 Å². The molecule has 1 aliphatic carbocycles. The molecule has 0 saturated heterocycles. The Balaban J connectivity index is 1.55. The molecule has 0 radical (unpaired) electrons. The topological polar surface area (TPSA) is 84.2 Å². The van der Waals surface area contributed by atoms with Crippen LogP contribution in [0.1, 0.15) is 23.3 Å². The summed E-state index contributed by atoms with van der Waals surface area (Å²) in [6.07, 6.45) is 2.33. The molecule has 1 aliphatic rings. The first kappa shape index (κ1) is 15.6. The number of hydrogen-bond acceptors (Lipinski definition) is 4. The van der Waals surface area contributed by atoms with E-state index < -0.39 is 5.91 Å². The number of nitrogens with zero attached hydrogens (tertiary/aromatic N) is 1. The SMILES string of the molecule is O=C(CNC(=O)c1cc(-c2ccccc2Cl)on1)NCC1CC1. The van der Waals surface area contributed by atoms with Gasteiger partial charge < -0.3 is 15.2 Å². The predicted octanol–water partition coefficient (Wildman–Crippen LogP) is 2.25. The molecule has 1 saturated carbocycles. The van der Waals surface area contributed by atoms with Crippen LogP contribution in [0.2, 0.25) is 5.02 Å². The summed E-state index contributed by atoms with van der Waals surface area (Å²) in [6, 6.07) is 8.61. The summed E-state index contributed by atoms with van der Waals surface area (Å²) in [7, 11) is 0. The van der Waals surface area contributed by atoms with Crippen LogP contribution in [0.15, 0.2) is 34.9 Å². The van der Waals surface area contributed by atoms with E-state index in [9.17, 15) is 9.59 Å². The first-order valence-electron chi connectivity index (χ1n) is 7.40. The van der Waals surface area contributed by atoms with Gasteiger partial charge in [0.05, 0.1) is 11.6 Å². The second-order valence-electron chi connectivity index (χ2n) is 5.49. The molecule has 2 N–H and O–H groups in total. The van der Waals surface area contributed by atoms with Crippen molar-refractivity contribution in [3.8, 4) is 11.3 Å².